The summed E-state index contributed by atoms with van der Waals surface area (Å²) in [6, 6.07) is 2.20. The Morgan fingerprint density at radius 3 is 2.81 bits per heavy atom. The molecule has 6 heteroatoms. The van der Waals surface area contributed by atoms with Crippen molar-refractivity contribution in [3.63, 3.8) is 0 Å². The number of aromatic nitrogens is 4. The molecule has 3 aromatic rings. The molecular weight excluding hydrogens is 282 g/mol. The van der Waals surface area contributed by atoms with E-state index >= 15 is 0 Å². The van der Waals surface area contributed by atoms with E-state index in [1.54, 1.807) is 11.3 Å². The fourth-order valence-corrected chi connectivity index (χ4v) is 3.16. The van der Waals surface area contributed by atoms with E-state index in [1.165, 1.54) is 5.56 Å². The van der Waals surface area contributed by atoms with Crippen molar-refractivity contribution in [2.45, 2.75) is 40.3 Å². The Morgan fingerprint density at radius 2 is 2.10 bits per heavy atom. The van der Waals surface area contributed by atoms with Gasteiger partial charge in [-0.3, -0.25) is 0 Å². The maximum Gasteiger partial charge on any atom is 0.155 e. The van der Waals surface area contributed by atoms with Gasteiger partial charge in [0.15, 0.2) is 5.65 Å². The minimum Gasteiger partial charge on any atom is -0.304 e. The SMILES string of the molecule is Cc1csc(CNC(C)c2cnc3cc(C)nn3c2C)n1. The first-order chi connectivity index (χ1) is 10.0. The van der Waals surface area contributed by atoms with Crippen molar-refractivity contribution in [2.24, 2.45) is 0 Å². The highest BCUT2D eigenvalue weighted by molar-refractivity contribution is 7.09. The zero-order chi connectivity index (χ0) is 15.0. The van der Waals surface area contributed by atoms with Gasteiger partial charge in [-0.15, -0.1) is 11.3 Å². The Bertz CT molecular complexity index is 774. The van der Waals surface area contributed by atoms with Crippen LogP contribution in [0.2, 0.25) is 0 Å². The Labute approximate surface area is 128 Å². The van der Waals surface area contributed by atoms with E-state index in [0.717, 1.165) is 34.3 Å². The minimum atomic E-state index is 0.204. The molecule has 0 aliphatic heterocycles. The van der Waals surface area contributed by atoms with E-state index in [9.17, 15) is 0 Å². The average Bonchev–Trinajstić information content (AvgIpc) is 3.02. The van der Waals surface area contributed by atoms with Crippen molar-refractivity contribution in [1.82, 2.24) is 24.9 Å². The molecule has 0 aliphatic carbocycles. The van der Waals surface area contributed by atoms with E-state index in [0.29, 0.717) is 0 Å². The van der Waals surface area contributed by atoms with Gasteiger partial charge in [0.25, 0.3) is 0 Å². The fraction of sp³-hybridized carbons (Fsp3) is 0.400. The van der Waals surface area contributed by atoms with Gasteiger partial charge >= 0.3 is 0 Å². The Kier molecular flexibility index (Phi) is 3.73. The largest absolute Gasteiger partial charge is 0.304 e. The van der Waals surface area contributed by atoms with Gasteiger partial charge in [-0.2, -0.15) is 5.10 Å². The van der Waals surface area contributed by atoms with Gasteiger partial charge in [0, 0.05) is 47.2 Å². The number of hydrogen-bond donors (Lipinski definition) is 1. The van der Waals surface area contributed by atoms with Crippen molar-refractivity contribution in [1.29, 1.82) is 0 Å². The summed E-state index contributed by atoms with van der Waals surface area (Å²) in [5, 5.41) is 11.2. The van der Waals surface area contributed by atoms with Crippen LogP contribution in [0.4, 0.5) is 0 Å². The minimum absolute atomic E-state index is 0.204. The monoisotopic (exact) mass is 301 g/mol. The normalized spacial score (nSPS) is 13.0. The first-order valence-corrected chi connectivity index (χ1v) is 7.89. The summed E-state index contributed by atoms with van der Waals surface area (Å²) < 4.78 is 1.91. The first kappa shape index (κ1) is 14.2. The summed E-state index contributed by atoms with van der Waals surface area (Å²) in [6.45, 7) is 9.01. The summed E-state index contributed by atoms with van der Waals surface area (Å²) in [7, 11) is 0. The van der Waals surface area contributed by atoms with E-state index < -0.39 is 0 Å². The van der Waals surface area contributed by atoms with E-state index in [4.69, 9.17) is 0 Å². The summed E-state index contributed by atoms with van der Waals surface area (Å²) >= 11 is 1.69. The van der Waals surface area contributed by atoms with Crippen molar-refractivity contribution >= 4 is 17.0 Å². The van der Waals surface area contributed by atoms with Crippen LogP contribution in [0.3, 0.4) is 0 Å². The van der Waals surface area contributed by atoms with Gasteiger partial charge in [0.05, 0.1) is 5.69 Å². The molecule has 1 unspecified atom stereocenters. The predicted octanol–water partition coefficient (Wildman–Crippen LogP) is 2.96. The van der Waals surface area contributed by atoms with Crippen LogP contribution in [-0.4, -0.2) is 19.6 Å². The number of nitrogens with zero attached hydrogens (tertiary/aromatic N) is 4. The number of nitrogens with one attached hydrogen (secondary N) is 1. The third kappa shape index (κ3) is 2.82. The zero-order valence-corrected chi connectivity index (χ0v) is 13.5. The molecule has 0 fully saturated rings. The molecular formula is C15H19N5S. The third-order valence-corrected chi connectivity index (χ3v) is 4.54. The van der Waals surface area contributed by atoms with Gasteiger partial charge in [0.2, 0.25) is 0 Å². The molecule has 110 valence electrons. The second-order valence-corrected chi connectivity index (χ2v) is 6.28. The lowest BCUT2D eigenvalue weighted by Gasteiger charge is -2.16. The Hall–Kier alpha value is -1.79. The van der Waals surface area contributed by atoms with E-state index in [-0.39, 0.29) is 6.04 Å². The highest BCUT2D eigenvalue weighted by Gasteiger charge is 2.13. The summed E-state index contributed by atoms with van der Waals surface area (Å²) in [4.78, 5) is 8.97. The lowest BCUT2D eigenvalue weighted by Crippen LogP contribution is -2.20. The Balaban J connectivity index is 1.80. The van der Waals surface area contributed by atoms with Gasteiger partial charge in [-0.05, 0) is 27.7 Å². The van der Waals surface area contributed by atoms with Crippen LogP contribution in [0.25, 0.3) is 5.65 Å². The molecule has 3 rings (SSSR count). The smallest absolute Gasteiger partial charge is 0.155 e. The molecule has 21 heavy (non-hydrogen) atoms. The number of fused-ring (bicyclic) bond motifs is 1. The molecule has 3 aromatic heterocycles. The van der Waals surface area contributed by atoms with Crippen LogP contribution >= 0.6 is 11.3 Å². The first-order valence-electron chi connectivity index (χ1n) is 7.01. The molecule has 0 radical (unpaired) electrons. The Morgan fingerprint density at radius 1 is 1.29 bits per heavy atom. The standard InChI is InChI=1S/C15H19N5S/c1-9-5-14-17-6-13(12(4)20(14)19-9)11(3)16-7-15-18-10(2)8-21-15/h5-6,8,11,16H,7H2,1-4H3. The lowest BCUT2D eigenvalue weighted by molar-refractivity contribution is 0.563. The van der Waals surface area contributed by atoms with Crippen LogP contribution in [0.5, 0.6) is 0 Å². The van der Waals surface area contributed by atoms with Crippen LogP contribution in [0.1, 0.15) is 40.6 Å². The quantitative estimate of drug-likeness (QED) is 0.805. The number of aryl methyl sites for hydroxylation is 3. The van der Waals surface area contributed by atoms with Crippen molar-refractivity contribution in [3.8, 4) is 0 Å². The number of hydrogen-bond acceptors (Lipinski definition) is 5. The maximum atomic E-state index is 4.49. The van der Waals surface area contributed by atoms with Crippen LogP contribution in [-0.2, 0) is 6.54 Å². The molecule has 0 aliphatic rings. The average molecular weight is 301 g/mol. The molecule has 0 saturated heterocycles. The number of rotatable bonds is 4. The molecule has 3 heterocycles. The lowest BCUT2D eigenvalue weighted by atomic mass is 10.1. The molecule has 5 nitrogen and oxygen atoms in total. The van der Waals surface area contributed by atoms with Crippen molar-refractivity contribution in [3.05, 3.63) is 45.3 Å². The molecule has 1 N–H and O–H groups in total. The fourth-order valence-electron chi connectivity index (χ4n) is 2.44. The topological polar surface area (TPSA) is 55.1 Å². The molecule has 0 spiro atoms. The number of thiazole rings is 1. The second kappa shape index (κ2) is 5.54. The van der Waals surface area contributed by atoms with Crippen molar-refractivity contribution in [2.75, 3.05) is 0 Å². The molecule has 0 saturated carbocycles. The molecule has 0 amide bonds. The highest BCUT2D eigenvalue weighted by atomic mass is 32.1. The second-order valence-electron chi connectivity index (χ2n) is 5.34. The summed E-state index contributed by atoms with van der Waals surface area (Å²) in [6.07, 6.45) is 1.94. The molecule has 0 aromatic carbocycles. The van der Waals surface area contributed by atoms with Gasteiger partial charge in [-0.1, -0.05) is 0 Å². The van der Waals surface area contributed by atoms with Crippen LogP contribution in [0.15, 0.2) is 17.6 Å². The molecule has 0 bridgehead atoms. The maximum absolute atomic E-state index is 4.49. The van der Waals surface area contributed by atoms with Crippen molar-refractivity contribution < 1.29 is 0 Å². The highest BCUT2D eigenvalue weighted by Crippen LogP contribution is 2.19. The third-order valence-electron chi connectivity index (χ3n) is 3.58. The van der Waals surface area contributed by atoms with E-state index in [1.807, 2.05) is 30.6 Å². The van der Waals surface area contributed by atoms with E-state index in [2.05, 4.69) is 39.6 Å². The van der Waals surface area contributed by atoms with Crippen LogP contribution in [0, 0.1) is 20.8 Å². The summed E-state index contributed by atoms with van der Waals surface area (Å²) in [5.41, 5.74) is 5.26. The molecule has 1 atom stereocenters. The summed E-state index contributed by atoms with van der Waals surface area (Å²) in [5.74, 6) is 0. The van der Waals surface area contributed by atoms with Gasteiger partial charge < -0.3 is 5.32 Å². The van der Waals surface area contributed by atoms with Gasteiger partial charge in [-0.25, -0.2) is 14.5 Å². The van der Waals surface area contributed by atoms with Gasteiger partial charge in [0.1, 0.15) is 5.01 Å². The zero-order valence-electron chi connectivity index (χ0n) is 12.7. The predicted molar refractivity (Wildman–Crippen MR) is 84.6 cm³/mol. The van der Waals surface area contributed by atoms with Crippen LogP contribution < -0.4 is 5.32 Å².